The van der Waals surface area contributed by atoms with E-state index in [0.29, 0.717) is 0 Å². The van der Waals surface area contributed by atoms with Gasteiger partial charge in [0.15, 0.2) is 5.78 Å². The Bertz CT molecular complexity index is 639. The van der Waals surface area contributed by atoms with Gasteiger partial charge in [-0.05, 0) is 54.8 Å². The molecule has 0 N–H and O–H groups in total. The third-order valence-electron chi connectivity index (χ3n) is 3.29. The van der Waals surface area contributed by atoms with E-state index in [4.69, 9.17) is 0 Å². The normalized spacial score (nSPS) is 15.7. The zero-order chi connectivity index (χ0) is 12.5. The molecule has 3 rings (SSSR count). The van der Waals surface area contributed by atoms with Crippen molar-refractivity contribution in [2.75, 3.05) is 0 Å². The van der Waals surface area contributed by atoms with Crippen LogP contribution in [0.4, 0.5) is 4.39 Å². The van der Waals surface area contributed by atoms with E-state index in [9.17, 15) is 9.18 Å². The van der Waals surface area contributed by atoms with Crippen LogP contribution in [-0.2, 0) is 0 Å². The van der Waals surface area contributed by atoms with E-state index in [0.717, 1.165) is 39.8 Å². The fourth-order valence-corrected chi connectivity index (χ4v) is 3.38. The smallest absolute Gasteiger partial charge is 0.198 e. The number of Topliss-reactive ketones (excluding diaryl/α,β-unsaturated/α-hetero) is 1. The highest BCUT2D eigenvalue weighted by Crippen LogP contribution is 2.30. The Labute approximate surface area is 109 Å². The van der Waals surface area contributed by atoms with Crippen LogP contribution in [0.5, 0.6) is 0 Å². The van der Waals surface area contributed by atoms with Gasteiger partial charge in [0, 0.05) is 4.70 Å². The summed E-state index contributed by atoms with van der Waals surface area (Å²) in [6, 6.07) is 6.53. The van der Waals surface area contributed by atoms with E-state index in [1.807, 2.05) is 6.07 Å². The summed E-state index contributed by atoms with van der Waals surface area (Å²) < 4.78 is 14.0. The highest BCUT2D eigenvalue weighted by Gasteiger charge is 2.16. The van der Waals surface area contributed by atoms with Gasteiger partial charge in [0.25, 0.3) is 0 Å². The lowest BCUT2D eigenvalue weighted by Crippen LogP contribution is -2.04. The number of rotatable bonds is 2. The molecule has 2 aromatic rings. The largest absolute Gasteiger partial charge is 0.288 e. The van der Waals surface area contributed by atoms with E-state index in [-0.39, 0.29) is 11.6 Å². The molecule has 1 aliphatic carbocycles. The molecular weight excluding hydrogens is 247 g/mol. The fourth-order valence-electron chi connectivity index (χ4n) is 2.32. The number of halogens is 1. The van der Waals surface area contributed by atoms with Crippen molar-refractivity contribution in [3.63, 3.8) is 0 Å². The molecule has 1 aromatic carbocycles. The van der Waals surface area contributed by atoms with Crippen LogP contribution in [0, 0.1) is 5.82 Å². The van der Waals surface area contributed by atoms with Crippen molar-refractivity contribution in [1.29, 1.82) is 0 Å². The van der Waals surface area contributed by atoms with E-state index in [1.165, 1.54) is 29.9 Å². The summed E-state index contributed by atoms with van der Waals surface area (Å²) in [5.74, 6) is -0.128. The lowest BCUT2D eigenvalue weighted by atomic mass is 9.96. The van der Waals surface area contributed by atoms with Crippen LogP contribution < -0.4 is 0 Å². The second-order valence-electron chi connectivity index (χ2n) is 4.60. The van der Waals surface area contributed by atoms with E-state index >= 15 is 0 Å². The van der Waals surface area contributed by atoms with Gasteiger partial charge < -0.3 is 0 Å². The number of hydrogen-bond acceptors (Lipinski definition) is 2. The molecule has 1 heterocycles. The van der Waals surface area contributed by atoms with Crippen molar-refractivity contribution in [2.24, 2.45) is 0 Å². The lowest BCUT2D eigenvalue weighted by molar-refractivity contribution is 0.103. The van der Waals surface area contributed by atoms with Crippen LogP contribution in [0.1, 0.15) is 35.4 Å². The summed E-state index contributed by atoms with van der Waals surface area (Å²) in [6.45, 7) is 0. The van der Waals surface area contributed by atoms with Crippen LogP contribution in [0.15, 0.2) is 35.9 Å². The maximum atomic E-state index is 13.1. The summed E-state index contributed by atoms with van der Waals surface area (Å²) >= 11 is 1.38. The molecule has 0 bridgehead atoms. The van der Waals surface area contributed by atoms with Gasteiger partial charge in [-0.1, -0.05) is 12.1 Å². The monoisotopic (exact) mass is 260 g/mol. The third kappa shape index (κ3) is 2.10. The van der Waals surface area contributed by atoms with Crippen molar-refractivity contribution in [1.82, 2.24) is 0 Å². The van der Waals surface area contributed by atoms with Crippen molar-refractivity contribution < 1.29 is 9.18 Å². The minimum absolute atomic E-state index is 0.122. The average Bonchev–Trinajstić information content (AvgIpc) is 2.81. The first-order valence-electron chi connectivity index (χ1n) is 6.17. The van der Waals surface area contributed by atoms with Crippen molar-refractivity contribution in [2.45, 2.75) is 25.7 Å². The van der Waals surface area contributed by atoms with Gasteiger partial charge in [-0.2, -0.15) is 0 Å². The SMILES string of the molecule is O=C(C1=CCCCC1)c1cc2ccc(F)cc2s1. The number of hydrogen-bond donors (Lipinski definition) is 0. The quantitative estimate of drug-likeness (QED) is 0.714. The average molecular weight is 260 g/mol. The first-order valence-corrected chi connectivity index (χ1v) is 6.98. The van der Waals surface area contributed by atoms with Crippen LogP contribution in [0.25, 0.3) is 10.1 Å². The number of ketones is 1. The van der Waals surface area contributed by atoms with E-state index < -0.39 is 0 Å². The first-order chi connectivity index (χ1) is 8.74. The molecule has 0 fully saturated rings. The predicted octanol–water partition coefficient (Wildman–Crippen LogP) is 4.72. The van der Waals surface area contributed by atoms with Gasteiger partial charge in [0.2, 0.25) is 0 Å². The molecule has 3 heteroatoms. The Morgan fingerprint density at radius 1 is 1.22 bits per heavy atom. The second-order valence-corrected chi connectivity index (χ2v) is 5.68. The Morgan fingerprint density at radius 2 is 2.11 bits per heavy atom. The molecular formula is C15H13FOS. The fraction of sp³-hybridized carbons (Fsp3) is 0.267. The van der Waals surface area contributed by atoms with Gasteiger partial charge in [-0.25, -0.2) is 4.39 Å². The molecule has 0 amide bonds. The molecule has 0 saturated heterocycles. The van der Waals surface area contributed by atoms with Crippen LogP contribution in [-0.4, -0.2) is 5.78 Å². The Kier molecular flexibility index (Phi) is 3.00. The number of carbonyl (C=O) groups excluding carboxylic acids is 1. The Morgan fingerprint density at radius 3 is 2.89 bits per heavy atom. The summed E-state index contributed by atoms with van der Waals surface area (Å²) in [7, 11) is 0. The van der Waals surface area contributed by atoms with Crippen LogP contribution in [0.3, 0.4) is 0 Å². The second kappa shape index (κ2) is 4.65. The molecule has 1 aliphatic rings. The molecule has 0 atom stereocenters. The van der Waals surface area contributed by atoms with Crippen molar-refractivity contribution in [3.05, 3.63) is 46.6 Å². The molecule has 0 unspecified atom stereocenters. The van der Waals surface area contributed by atoms with E-state index in [1.54, 1.807) is 6.07 Å². The van der Waals surface area contributed by atoms with Crippen LogP contribution >= 0.6 is 11.3 Å². The van der Waals surface area contributed by atoms with Gasteiger partial charge >= 0.3 is 0 Å². The summed E-state index contributed by atoms with van der Waals surface area (Å²) in [5.41, 5.74) is 0.924. The van der Waals surface area contributed by atoms with Gasteiger partial charge in [0.1, 0.15) is 5.82 Å². The number of allylic oxidation sites excluding steroid dienone is 2. The molecule has 0 radical (unpaired) electrons. The molecule has 18 heavy (non-hydrogen) atoms. The first kappa shape index (κ1) is 11.6. The van der Waals surface area contributed by atoms with Gasteiger partial charge in [0.05, 0.1) is 4.88 Å². The summed E-state index contributed by atoms with van der Waals surface area (Å²) in [6.07, 6.45) is 6.20. The highest BCUT2D eigenvalue weighted by atomic mass is 32.1. The molecule has 0 saturated carbocycles. The maximum absolute atomic E-state index is 13.1. The molecule has 1 aromatic heterocycles. The minimum atomic E-state index is -0.250. The van der Waals surface area contributed by atoms with E-state index in [2.05, 4.69) is 6.08 Å². The number of carbonyl (C=O) groups is 1. The number of fused-ring (bicyclic) bond motifs is 1. The Balaban J connectivity index is 1.98. The number of benzene rings is 1. The van der Waals surface area contributed by atoms with Gasteiger partial charge in [-0.15, -0.1) is 11.3 Å². The topological polar surface area (TPSA) is 17.1 Å². The molecule has 1 nitrogen and oxygen atoms in total. The summed E-state index contributed by atoms with van der Waals surface area (Å²) in [4.78, 5) is 13.0. The maximum Gasteiger partial charge on any atom is 0.198 e. The van der Waals surface area contributed by atoms with Crippen molar-refractivity contribution in [3.8, 4) is 0 Å². The van der Waals surface area contributed by atoms with Gasteiger partial charge in [-0.3, -0.25) is 4.79 Å². The number of thiophene rings is 1. The predicted molar refractivity (Wildman–Crippen MR) is 72.7 cm³/mol. The molecule has 0 spiro atoms. The van der Waals surface area contributed by atoms with Crippen molar-refractivity contribution >= 4 is 27.2 Å². The lowest BCUT2D eigenvalue weighted by Gasteiger charge is -2.09. The highest BCUT2D eigenvalue weighted by molar-refractivity contribution is 7.21. The molecule has 92 valence electrons. The zero-order valence-electron chi connectivity index (χ0n) is 9.91. The van der Waals surface area contributed by atoms with Crippen LogP contribution in [0.2, 0.25) is 0 Å². The third-order valence-corrected chi connectivity index (χ3v) is 4.39. The minimum Gasteiger partial charge on any atom is -0.288 e. The standard InChI is InChI=1S/C15H13FOS/c16-12-7-6-11-8-14(18-13(11)9-12)15(17)10-4-2-1-3-5-10/h4,6-9H,1-3,5H2. The zero-order valence-corrected chi connectivity index (χ0v) is 10.7. The Hall–Kier alpha value is -1.48. The summed E-state index contributed by atoms with van der Waals surface area (Å²) in [5, 5.41) is 0.946. The molecule has 0 aliphatic heterocycles.